The van der Waals surface area contributed by atoms with Crippen LogP contribution in [0.2, 0.25) is 5.02 Å². The summed E-state index contributed by atoms with van der Waals surface area (Å²) < 4.78 is 13.5. The molecular weight excluding hydrogens is 423 g/mol. The second kappa shape index (κ2) is 10.5. The van der Waals surface area contributed by atoms with Gasteiger partial charge in [-0.2, -0.15) is 0 Å². The van der Waals surface area contributed by atoms with Gasteiger partial charge in [0, 0.05) is 50.1 Å². The number of likely N-dealkylation sites (N-methyl/N-ethyl adjacent to an activating group) is 1. The summed E-state index contributed by atoms with van der Waals surface area (Å²) in [5.41, 5.74) is 2.15. The third-order valence-corrected chi connectivity index (χ3v) is 7.40. The van der Waals surface area contributed by atoms with Crippen LogP contribution in [-0.2, 0) is 6.42 Å². The maximum atomic E-state index is 13.5. The molecule has 5 heteroatoms. The van der Waals surface area contributed by atoms with Gasteiger partial charge in [-0.25, -0.2) is 4.39 Å². The Morgan fingerprint density at radius 3 is 2.41 bits per heavy atom. The van der Waals surface area contributed by atoms with Crippen LogP contribution >= 0.6 is 11.6 Å². The molecule has 0 spiro atoms. The molecule has 1 aliphatic heterocycles. The molecule has 2 aliphatic rings. The summed E-state index contributed by atoms with van der Waals surface area (Å²) in [6.07, 6.45) is 6.72. The molecule has 0 radical (unpaired) electrons. The van der Waals surface area contributed by atoms with E-state index in [9.17, 15) is 9.50 Å². The second-order valence-electron chi connectivity index (χ2n) is 9.50. The monoisotopic (exact) mass is 456 g/mol. The molecule has 32 heavy (non-hydrogen) atoms. The van der Waals surface area contributed by atoms with Crippen molar-refractivity contribution < 1.29 is 9.50 Å². The van der Waals surface area contributed by atoms with E-state index in [1.54, 1.807) is 0 Å². The Kier molecular flexibility index (Phi) is 7.67. The van der Waals surface area contributed by atoms with Crippen LogP contribution < -0.4 is 0 Å². The molecule has 0 amide bonds. The molecule has 1 heterocycles. The molecule has 0 aromatic heterocycles. The molecule has 4 rings (SSSR count). The first-order chi connectivity index (χ1) is 15.4. The van der Waals surface area contributed by atoms with Crippen LogP contribution in [0.25, 0.3) is 6.08 Å². The lowest BCUT2D eigenvalue weighted by molar-refractivity contribution is -0.00644. The highest BCUT2D eigenvalue weighted by atomic mass is 35.5. The zero-order chi connectivity index (χ0) is 22.6. The van der Waals surface area contributed by atoms with Crippen LogP contribution in [0.15, 0.2) is 54.1 Å². The Bertz CT molecular complexity index is 906. The zero-order valence-electron chi connectivity index (χ0n) is 18.9. The Morgan fingerprint density at radius 2 is 1.72 bits per heavy atom. The van der Waals surface area contributed by atoms with Crippen LogP contribution in [0.3, 0.4) is 0 Å². The highest BCUT2D eigenvalue weighted by Crippen LogP contribution is 2.41. The van der Waals surface area contributed by atoms with E-state index < -0.39 is 5.60 Å². The fourth-order valence-electron chi connectivity index (χ4n) is 5.14. The number of benzene rings is 2. The maximum Gasteiger partial charge on any atom is 0.123 e. The Labute approximate surface area is 196 Å². The van der Waals surface area contributed by atoms with Gasteiger partial charge in [-0.3, -0.25) is 0 Å². The average Bonchev–Trinajstić information content (AvgIpc) is 2.92. The van der Waals surface area contributed by atoms with Crippen LogP contribution in [0.4, 0.5) is 4.39 Å². The van der Waals surface area contributed by atoms with Gasteiger partial charge in [-0.05, 0) is 67.3 Å². The summed E-state index contributed by atoms with van der Waals surface area (Å²) in [4.78, 5) is 4.87. The van der Waals surface area contributed by atoms with E-state index in [0.29, 0.717) is 11.4 Å². The summed E-state index contributed by atoms with van der Waals surface area (Å²) in [6.45, 7) is 5.10. The minimum Gasteiger partial charge on any atom is -0.385 e. The molecule has 2 fully saturated rings. The van der Waals surface area contributed by atoms with Gasteiger partial charge in [0.1, 0.15) is 5.82 Å². The van der Waals surface area contributed by atoms with E-state index >= 15 is 0 Å². The number of hydrogen-bond donors (Lipinski definition) is 1. The van der Waals surface area contributed by atoms with Crippen molar-refractivity contribution >= 4 is 17.7 Å². The predicted molar refractivity (Wildman–Crippen MR) is 130 cm³/mol. The van der Waals surface area contributed by atoms with Gasteiger partial charge in [0.25, 0.3) is 0 Å². The third kappa shape index (κ3) is 5.79. The molecule has 2 unspecified atom stereocenters. The highest BCUT2D eigenvalue weighted by Gasteiger charge is 2.42. The first-order valence-electron chi connectivity index (χ1n) is 11.8. The van der Waals surface area contributed by atoms with E-state index in [1.165, 1.54) is 12.1 Å². The molecule has 1 saturated carbocycles. The lowest BCUT2D eigenvalue weighted by Crippen LogP contribution is -2.51. The van der Waals surface area contributed by atoms with Crippen molar-refractivity contribution in [2.45, 2.75) is 37.7 Å². The number of halogens is 2. The standard InChI is InChI=1S/C27H34ClFN2O/c1-30-14-16-31(17-15-30)20-24-5-3-2-4-23(18-21-6-10-25(28)11-7-21)27(24,32)19-22-8-12-26(29)13-9-22/h6-13,18,24,32H,2-5,14-17,19-20H2,1H3. The minimum absolute atomic E-state index is 0.136. The fraction of sp³-hybridized carbons (Fsp3) is 0.481. The molecular formula is C27H34ClFN2O. The number of nitrogens with zero attached hydrogens (tertiary/aromatic N) is 2. The van der Waals surface area contributed by atoms with Gasteiger partial charge in [0.05, 0.1) is 5.60 Å². The quantitative estimate of drug-likeness (QED) is 0.620. The van der Waals surface area contributed by atoms with E-state index in [0.717, 1.165) is 75.1 Å². The second-order valence-corrected chi connectivity index (χ2v) is 9.93. The Hall–Kier alpha value is -1.72. The van der Waals surface area contributed by atoms with Crippen LogP contribution in [0, 0.1) is 11.7 Å². The first-order valence-corrected chi connectivity index (χ1v) is 12.1. The van der Waals surface area contributed by atoms with Gasteiger partial charge in [0.2, 0.25) is 0 Å². The van der Waals surface area contributed by atoms with E-state index in [-0.39, 0.29) is 11.7 Å². The summed E-state index contributed by atoms with van der Waals surface area (Å²) in [7, 11) is 2.17. The van der Waals surface area contributed by atoms with E-state index in [1.807, 2.05) is 36.4 Å². The molecule has 2 aromatic rings. The van der Waals surface area contributed by atoms with Gasteiger partial charge < -0.3 is 14.9 Å². The van der Waals surface area contributed by atoms with Crippen LogP contribution in [-0.4, -0.2) is 60.3 Å². The summed E-state index contributed by atoms with van der Waals surface area (Å²) in [5.74, 6) is -0.107. The number of aliphatic hydroxyl groups is 1. The normalized spacial score (nSPS) is 26.9. The van der Waals surface area contributed by atoms with Gasteiger partial charge in [0.15, 0.2) is 0 Å². The Morgan fingerprint density at radius 1 is 1.03 bits per heavy atom. The van der Waals surface area contributed by atoms with Crippen LogP contribution in [0.5, 0.6) is 0 Å². The largest absolute Gasteiger partial charge is 0.385 e. The highest BCUT2D eigenvalue weighted by molar-refractivity contribution is 6.30. The zero-order valence-corrected chi connectivity index (χ0v) is 19.7. The molecule has 2 aromatic carbocycles. The van der Waals surface area contributed by atoms with Crippen molar-refractivity contribution in [3.8, 4) is 0 Å². The molecule has 1 aliphatic carbocycles. The summed E-state index contributed by atoms with van der Waals surface area (Å²) in [5, 5.41) is 13.1. The molecule has 0 bridgehead atoms. The van der Waals surface area contributed by atoms with Crippen molar-refractivity contribution in [3.05, 3.63) is 76.1 Å². The number of rotatable bonds is 5. The molecule has 3 nitrogen and oxygen atoms in total. The third-order valence-electron chi connectivity index (χ3n) is 7.15. The lowest BCUT2D eigenvalue weighted by atomic mass is 9.74. The van der Waals surface area contributed by atoms with Crippen molar-refractivity contribution in [1.29, 1.82) is 0 Å². The minimum atomic E-state index is -0.961. The molecule has 2 atom stereocenters. The van der Waals surface area contributed by atoms with Gasteiger partial charge in [-0.1, -0.05) is 48.4 Å². The van der Waals surface area contributed by atoms with Gasteiger partial charge in [-0.15, -0.1) is 0 Å². The SMILES string of the molecule is CN1CCN(CC2CCCCC(=Cc3ccc(Cl)cc3)C2(O)Cc2ccc(F)cc2)CC1. The fourth-order valence-corrected chi connectivity index (χ4v) is 5.26. The van der Waals surface area contributed by atoms with Crippen molar-refractivity contribution in [3.63, 3.8) is 0 Å². The summed E-state index contributed by atoms with van der Waals surface area (Å²) in [6, 6.07) is 14.4. The average molecular weight is 457 g/mol. The van der Waals surface area contributed by atoms with E-state index in [2.05, 4.69) is 22.9 Å². The van der Waals surface area contributed by atoms with Crippen molar-refractivity contribution in [1.82, 2.24) is 9.80 Å². The number of hydrogen-bond acceptors (Lipinski definition) is 3. The molecule has 172 valence electrons. The smallest absolute Gasteiger partial charge is 0.123 e. The van der Waals surface area contributed by atoms with Crippen molar-refractivity contribution in [2.24, 2.45) is 5.92 Å². The summed E-state index contributed by atoms with van der Waals surface area (Å²) >= 11 is 6.09. The lowest BCUT2D eigenvalue weighted by Gasteiger charge is -2.42. The molecule has 1 N–H and O–H groups in total. The Balaban J connectivity index is 1.67. The maximum absolute atomic E-state index is 13.5. The van der Waals surface area contributed by atoms with Crippen LogP contribution in [0.1, 0.15) is 36.8 Å². The van der Waals surface area contributed by atoms with Crippen molar-refractivity contribution in [2.75, 3.05) is 39.8 Å². The first kappa shape index (κ1) is 23.4. The number of piperazine rings is 1. The predicted octanol–water partition coefficient (Wildman–Crippen LogP) is 5.27. The molecule has 1 saturated heterocycles. The topological polar surface area (TPSA) is 26.7 Å². The van der Waals surface area contributed by atoms with Gasteiger partial charge >= 0.3 is 0 Å². The van der Waals surface area contributed by atoms with E-state index in [4.69, 9.17) is 11.6 Å².